The first kappa shape index (κ1) is 36.1. The van der Waals surface area contributed by atoms with Gasteiger partial charge < -0.3 is 4.74 Å². The zero-order valence-corrected chi connectivity index (χ0v) is 34.6. The lowest BCUT2D eigenvalue weighted by Gasteiger charge is -2.39. The molecule has 0 saturated heterocycles. The molecule has 2 heteroatoms. The first-order valence-corrected chi connectivity index (χ1v) is 21.4. The molecular weight excluding hydrogens is 751 g/mol. The van der Waals surface area contributed by atoms with Crippen molar-refractivity contribution in [1.82, 2.24) is 4.98 Å². The molecule has 9 aromatic carbocycles. The van der Waals surface area contributed by atoms with E-state index in [9.17, 15) is 0 Å². The van der Waals surface area contributed by atoms with Gasteiger partial charge in [0, 0.05) is 22.9 Å². The number of ether oxygens (including phenoxy) is 1. The first-order chi connectivity index (χ1) is 30.5. The molecule has 0 radical (unpaired) electrons. The summed E-state index contributed by atoms with van der Waals surface area (Å²) in [6.45, 7) is 4.28. The SMILES string of the molecule is Cc1ccc(-c2cccc(-c3cccc(-c4ccc5c(c4)C4(c6ccccc6Oc6ccccc64)c4ccc(-c6cc(C)cc(-c7cccc8ccccc78)c6)cc4-5)c3)c2)nc1. The number of rotatable bonds is 5. The number of para-hydroxylation sites is 2. The lowest BCUT2D eigenvalue weighted by molar-refractivity contribution is 0.436. The molecule has 0 unspecified atom stereocenters. The van der Waals surface area contributed by atoms with Crippen LogP contribution >= 0.6 is 0 Å². The smallest absolute Gasteiger partial charge is 0.132 e. The third-order valence-corrected chi connectivity index (χ3v) is 13.0. The summed E-state index contributed by atoms with van der Waals surface area (Å²) in [4.78, 5) is 4.72. The molecule has 10 aromatic rings. The van der Waals surface area contributed by atoms with E-state index in [0.717, 1.165) is 45.0 Å². The van der Waals surface area contributed by atoms with Crippen molar-refractivity contribution in [3.63, 3.8) is 0 Å². The van der Waals surface area contributed by atoms with Crippen molar-refractivity contribution in [3.8, 4) is 78.4 Å². The Labute approximate surface area is 362 Å². The second-order valence-electron chi connectivity index (χ2n) is 16.9. The lowest BCUT2D eigenvalue weighted by atomic mass is 9.66. The second-order valence-corrected chi connectivity index (χ2v) is 16.9. The summed E-state index contributed by atoms with van der Waals surface area (Å²) < 4.78 is 6.71. The number of nitrogens with zero attached hydrogens (tertiary/aromatic N) is 1. The fraction of sp³-hybridized carbons (Fsp3) is 0.0500. The standard InChI is InChI=1S/C60H41NO/c1-38-24-29-57(61-37-38)46-17-10-16-43(33-46)41-14-9-15-42(32-41)45-25-27-51-52-35-44(47-30-39(2)31-48(34-47)50-19-11-13-40-12-3-4-18-49(40)50)26-28-53(52)60(56(51)36-45)54-20-5-7-22-58(54)62-59-23-8-6-21-55(59)60/h3-37H,1-2H3. The minimum Gasteiger partial charge on any atom is -0.457 e. The predicted molar refractivity (Wildman–Crippen MR) is 256 cm³/mol. The number of hydrogen-bond donors (Lipinski definition) is 0. The van der Waals surface area contributed by atoms with E-state index in [-0.39, 0.29) is 0 Å². The normalized spacial score (nSPS) is 12.9. The minimum atomic E-state index is -0.585. The van der Waals surface area contributed by atoms with Crippen LogP contribution in [0.4, 0.5) is 0 Å². The Hall–Kier alpha value is -7.81. The van der Waals surface area contributed by atoms with E-state index in [0.29, 0.717) is 0 Å². The van der Waals surface area contributed by atoms with Crippen molar-refractivity contribution < 1.29 is 4.74 Å². The van der Waals surface area contributed by atoms with E-state index < -0.39 is 5.41 Å². The Balaban J connectivity index is 1.03. The molecule has 1 aromatic heterocycles. The van der Waals surface area contributed by atoms with Crippen LogP contribution in [0.1, 0.15) is 33.4 Å². The largest absolute Gasteiger partial charge is 0.457 e. The molecule has 1 aliphatic carbocycles. The molecule has 0 fully saturated rings. The Kier molecular flexibility index (Phi) is 8.23. The van der Waals surface area contributed by atoms with E-state index in [1.165, 1.54) is 77.5 Å². The van der Waals surface area contributed by atoms with Crippen LogP contribution in [0.5, 0.6) is 11.5 Å². The maximum atomic E-state index is 6.71. The highest BCUT2D eigenvalue weighted by Crippen LogP contribution is 2.62. The number of pyridine rings is 1. The number of aromatic nitrogens is 1. The molecule has 0 amide bonds. The number of fused-ring (bicyclic) bond motifs is 10. The fourth-order valence-corrected chi connectivity index (χ4v) is 10.2. The van der Waals surface area contributed by atoms with Gasteiger partial charge in [0.05, 0.1) is 11.1 Å². The van der Waals surface area contributed by atoms with E-state index in [1.54, 1.807) is 0 Å². The molecule has 1 aliphatic heterocycles. The molecule has 292 valence electrons. The molecular formula is C60H41NO. The summed E-state index contributed by atoms with van der Waals surface area (Å²) in [5.74, 6) is 1.78. The third kappa shape index (κ3) is 5.68. The van der Waals surface area contributed by atoms with Crippen LogP contribution in [0.25, 0.3) is 77.7 Å². The van der Waals surface area contributed by atoms with Gasteiger partial charge in [0.2, 0.25) is 0 Å². The van der Waals surface area contributed by atoms with Gasteiger partial charge in [0.25, 0.3) is 0 Å². The van der Waals surface area contributed by atoms with Gasteiger partial charge in [-0.15, -0.1) is 0 Å². The molecule has 0 bridgehead atoms. The molecule has 1 spiro atoms. The summed E-state index contributed by atoms with van der Waals surface area (Å²) in [6.07, 6.45) is 1.93. The lowest BCUT2D eigenvalue weighted by Crippen LogP contribution is -2.32. The molecule has 62 heavy (non-hydrogen) atoms. The Bertz CT molecular complexity index is 3360. The predicted octanol–water partition coefficient (Wildman–Crippen LogP) is 15.7. The van der Waals surface area contributed by atoms with Crippen LogP contribution in [-0.2, 0) is 5.41 Å². The van der Waals surface area contributed by atoms with Crippen molar-refractivity contribution in [2.45, 2.75) is 19.3 Å². The second kappa shape index (κ2) is 14.1. The van der Waals surface area contributed by atoms with Crippen molar-refractivity contribution in [3.05, 3.63) is 246 Å². The zero-order valence-electron chi connectivity index (χ0n) is 34.6. The van der Waals surface area contributed by atoms with Crippen molar-refractivity contribution in [2.75, 3.05) is 0 Å². The quantitative estimate of drug-likeness (QED) is 0.173. The maximum Gasteiger partial charge on any atom is 0.132 e. The Morgan fingerprint density at radius 3 is 1.71 bits per heavy atom. The Morgan fingerprint density at radius 1 is 0.355 bits per heavy atom. The van der Waals surface area contributed by atoms with Crippen LogP contribution < -0.4 is 4.74 Å². The maximum absolute atomic E-state index is 6.71. The molecule has 0 atom stereocenters. The summed E-state index contributed by atoms with van der Waals surface area (Å²) in [5, 5.41) is 2.52. The average molecular weight is 792 g/mol. The Morgan fingerprint density at radius 2 is 0.952 bits per heavy atom. The summed E-state index contributed by atoms with van der Waals surface area (Å²) in [7, 11) is 0. The van der Waals surface area contributed by atoms with Crippen molar-refractivity contribution in [2.24, 2.45) is 0 Å². The molecule has 2 nitrogen and oxygen atoms in total. The average Bonchev–Trinajstić information content (AvgIpc) is 3.60. The molecule has 2 aliphatic rings. The molecule has 0 saturated carbocycles. The summed E-state index contributed by atoms with van der Waals surface area (Å²) in [5.41, 5.74) is 20.8. The van der Waals surface area contributed by atoms with E-state index in [2.05, 4.69) is 220 Å². The molecule has 12 rings (SSSR count). The number of hydrogen-bond acceptors (Lipinski definition) is 2. The third-order valence-electron chi connectivity index (χ3n) is 13.0. The van der Waals surface area contributed by atoms with Crippen LogP contribution in [0.3, 0.4) is 0 Å². The van der Waals surface area contributed by atoms with Gasteiger partial charge in [-0.1, -0.05) is 158 Å². The molecule has 2 heterocycles. The van der Waals surface area contributed by atoms with Crippen molar-refractivity contribution in [1.29, 1.82) is 0 Å². The van der Waals surface area contributed by atoms with Crippen LogP contribution in [0.2, 0.25) is 0 Å². The van der Waals surface area contributed by atoms with Crippen LogP contribution in [-0.4, -0.2) is 4.98 Å². The van der Waals surface area contributed by atoms with Crippen molar-refractivity contribution >= 4 is 10.8 Å². The first-order valence-electron chi connectivity index (χ1n) is 21.4. The number of benzene rings is 9. The summed E-state index contributed by atoms with van der Waals surface area (Å²) >= 11 is 0. The molecule has 0 N–H and O–H groups in total. The minimum absolute atomic E-state index is 0.585. The topological polar surface area (TPSA) is 22.1 Å². The van der Waals surface area contributed by atoms with Gasteiger partial charge >= 0.3 is 0 Å². The van der Waals surface area contributed by atoms with Gasteiger partial charge in [-0.25, -0.2) is 0 Å². The summed E-state index contributed by atoms with van der Waals surface area (Å²) in [6, 6.07) is 75.7. The van der Waals surface area contributed by atoms with Gasteiger partial charge in [-0.3, -0.25) is 4.98 Å². The monoisotopic (exact) mass is 791 g/mol. The van der Waals surface area contributed by atoms with E-state index in [4.69, 9.17) is 9.72 Å². The fourth-order valence-electron chi connectivity index (χ4n) is 10.2. The van der Waals surface area contributed by atoms with Gasteiger partial charge in [0.1, 0.15) is 11.5 Å². The van der Waals surface area contributed by atoms with Gasteiger partial charge in [0.15, 0.2) is 0 Å². The number of aryl methyl sites for hydroxylation is 2. The highest BCUT2D eigenvalue weighted by Gasteiger charge is 2.51. The highest BCUT2D eigenvalue weighted by atomic mass is 16.5. The van der Waals surface area contributed by atoms with Gasteiger partial charge in [-0.2, -0.15) is 0 Å². The van der Waals surface area contributed by atoms with Gasteiger partial charge in [-0.05, 0) is 151 Å². The van der Waals surface area contributed by atoms with Crippen LogP contribution in [0, 0.1) is 13.8 Å². The van der Waals surface area contributed by atoms with E-state index in [1.807, 2.05) is 6.20 Å². The van der Waals surface area contributed by atoms with Crippen LogP contribution in [0.15, 0.2) is 212 Å². The van der Waals surface area contributed by atoms with E-state index >= 15 is 0 Å². The highest BCUT2D eigenvalue weighted by molar-refractivity contribution is 5.98. The zero-order chi connectivity index (χ0) is 41.4.